The summed E-state index contributed by atoms with van der Waals surface area (Å²) in [7, 11) is 0. The Labute approximate surface area is 122 Å². The molecule has 0 saturated carbocycles. The summed E-state index contributed by atoms with van der Waals surface area (Å²) in [5, 5.41) is 12.9. The molecule has 1 aromatic carbocycles. The highest BCUT2D eigenvalue weighted by Crippen LogP contribution is 2.24. The number of aliphatic hydroxyl groups excluding tert-OH is 1. The van der Waals surface area contributed by atoms with Gasteiger partial charge in [-0.3, -0.25) is 0 Å². The first kappa shape index (κ1) is 17.0. The van der Waals surface area contributed by atoms with Crippen LogP contribution in [0.15, 0.2) is 24.3 Å². The molecule has 0 spiro atoms. The van der Waals surface area contributed by atoms with E-state index in [4.69, 9.17) is 10.5 Å². The minimum Gasteiger partial charge on any atom is -0.491 e. The number of aliphatic hydroxyl groups is 1. The van der Waals surface area contributed by atoms with Crippen LogP contribution < -0.4 is 15.8 Å². The molecular formula is C16H28N2O2. The van der Waals surface area contributed by atoms with Gasteiger partial charge >= 0.3 is 0 Å². The summed E-state index contributed by atoms with van der Waals surface area (Å²) >= 11 is 0. The van der Waals surface area contributed by atoms with Crippen LogP contribution >= 0.6 is 0 Å². The molecule has 2 unspecified atom stereocenters. The van der Waals surface area contributed by atoms with E-state index in [0.717, 1.165) is 5.75 Å². The third-order valence-electron chi connectivity index (χ3n) is 3.01. The van der Waals surface area contributed by atoms with Crippen LogP contribution in [-0.2, 0) is 5.41 Å². The maximum absolute atomic E-state index is 9.78. The van der Waals surface area contributed by atoms with E-state index in [0.29, 0.717) is 13.1 Å². The average Bonchev–Trinajstić information content (AvgIpc) is 2.35. The maximum atomic E-state index is 9.78. The van der Waals surface area contributed by atoms with E-state index in [1.165, 1.54) is 5.56 Å². The normalized spacial score (nSPS) is 14.9. The molecule has 114 valence electrons. The highest BCUT2D eigenvalue weighted by Gasteiger charge is 2.13. The van der Waals surface area contributed by atoms with Crippen LogP contribution in [0.5, 0.6) is 5.75 Å². The fourth-order valence-electron chi connectivity index (χ4n) is 1.78. The molecular weight excluding hydrogens is 252 g/mol. The summed E-state index contributed by atoms with van der Waals surface area (Å²) in [5.41, 5.74) is 7.02. The molecule has 4 nitrogen and oxygen atoms in total. The summed E-state index contributed by atoms with van der Waals surface area (Å²) in [5.74, 6) is 0.782. The quantitative estimate of drug-likeness (QED) is 0.710. The summed E-state index contributed by atoms with van der Waals surface area (Å²) in [4.78, 5) is 0. The van der Waals surface area contributed by atoms with Crippen LogP contribution in [0.3, 0.4) is 0 Å². The van der Waals surface area contributed by atoms with Crippen molar-refractivity contribution in [1.29, 1.82) is 0 Å². The van der Waals surface area contributed by atoms with Crippen molar-refractivity contribution in [3.63, 3.8) is 0 Å². The number of nitrogens with two attached hydrogens (primary N) is 1. The third-order valence-corrected chi connectivity index (χ3v) is 3.01. The van der Waals surface area contributed by atoms with E-state index in [9.17, 15) is 5.11 Å². The molecule has 0 aliphatic heterocycles. The lowest BCUT2D eigenvalue weighted by Gasteiger charge is -2.19. The monoisotopic (exact) mass is 280 g/mol. The highest BCUT2D eigenvalue weighted by atomic mass is 16.5. The molecule has 4 heteroatoms. The number of hydrogen-bond donors (Lipinski definition) is 3. The van der Waals surface area contributed by atoms with E-state index in [2.05, 4.69) is 38.2 Å². The number of rotatable bonds is 7. The van der Waals surface area contributed by atoms with Gasteiger partial charge in [0.2, 0.25) is 0 Å². The molecule has 0 heterocycles. The Hall–Kier alpha value is -1.10. The Balaban J connectivity index is 2.34. The minimum atomic E-state index is -0.531. The molecule has 20 heavy (non-hydrogen) atoms. The number of benzene rings is 1. The molecule has 1 aromatic rings. The Bertz CT molecular complexity index is 382. The lowest BCUT2D eigenvalue weighted by atomic mass is 9.87. The smallest absolute Gasteiger partial charge is 0.119 e. The van der Waals surface area contributed by atoms with Crippen LogP contribution in [0.1, 0.15) is 33.3 Å². The van der Waals surface area contributed by atoms with Crippen molar-refractivity contribution in [1.82, 2.24) is 5.32 Å². The van der Waals surface area contributed by atoms with Crippen molar-refractivity contribution in [2.24, 2.45) is 5.73 Å². The van der Waals surface area contributed by atoms with Crippen molar-refractivity contribution in [3.05, 3.63) is 29.8 Å². The largest absolute Gasteiger partial charge is 0.491 e. The van der Waals surface area contributed by atoms with Gasteiger partial charge in [-0.15, -0.1) is 0 Å². The lowest BCUT2D eigenvalue weighted by Crippen LogP contribution is -2.37. The fraction of sp³-hybridized carbons (Fsp3) is 0.625. The van der Waals surface area contributed by atoms with Crippen molar-refractivity contribution in [2.75, 3.05) is 19.7 Å². The summed E-state index contributed by atoms with van der Waals surface area (Å²) in [6, 6.07) is 8.12. The van der Waals surface area contributed by atoms with E-state index in [1.807, 2.05) is 19.1 Å². The van der Waals surface area contributed by atoms with Gasteiger partial charge in [-0.05, 0) is 30.0 Å². The second kappa shape index (κ2) is 7.62. The zero-order chi connectivity index (χ0) is 15.2. The summed E-state index contributed by atoms with van der Waals surface area (Å²) < 4.78 is 5.57. The Morgan fingerprint density at radius 3 is 2.30 bits per heavy atom. The highest BCUT2D eigenvalue weighted by molar-refractivity contribution is 5.31. The molecule has 0 radical (unpaired) electrons. The number of hydrogen-bond acceptors (Lipinski definition) is 4. The Morgan fingerprint density at radius 2 is 1.80 bits per heavy atom. The lowest BCUT2D eigenvalue weighted by molar-refractivity contribution is 0.106. The predicted molar refractivity (Wildman–Crippen MR) is 83.2 cm³/mol. The van der Waals surface area contributed by atoms with Gasteiger partial charge in [0.25, 0.3) is 0 Å². The van der Waals surface area contributed by atoms with Crippen molar-refractivity contribution in [2.45, 2.75) is 45.3 Å². The zero-order valence-electron chi connectivity index (χ0n) is 13.0. The van der Waals surface area contributed by atoms with E-state index < -0.39 is 6.10 Å². The molecule has 0 bridgehead atoms. The number of nitrogens with one attached hydrogen (secondary N) is 1. The molecule has 0 aromatic heterocycles. The van der Waals surface area contributed by atoms with Gasteiger partial charge < -0.3 is 20.9 Å². The first-order valence-electron chi connectivity index (χ1n) is 7.16. The van der Waals surface area contributed by atoms with Crippen LogP contribution in [0.2, 0.25) is 0 Å². The molecule has 2 atom stereocenters. The van der Waals surface area contributed by atoms with Crippen molar-refractivity contribution in [3.8, 4) is 5.75 Å². The van der Waals surface area contributed by atoms with E-state index in [1.54, 1.807) is 0 Å². The average molecular weight is 280 g/mol. The second-order valence-electron chi connectivity index (χ2n) is 6.37. The zero-order valence-corrected chi connectivity index (χ0v) is 13.0. The van der Waals surface area contributed by atoms with Crippen molar-refractivity contribution >= 4 is 0 Å². The van der Waals surface area contributed by atoms with Gasteiger partial charge in [0.05, 0.1) is 0 Å². The topological polar surface area (TPSA) is 67.5 Å². The van der Waals surface area contributed by atoms with Crippen molar-refractivity contribution < 1.29 is 9.84 Å². The summed E-state index contributed by atoms with van der Waals surface area (Å²) in [6.07, 6.45) is -0.531. The van der Waals surface area contributed by atoms with Crippen LogP contribution in [0.4, 0.5) is 0 Å². The number of ether oxygens (including phenoxy) is 1. The fourth-order valence-corrected chi connectivity index (χ4v) is 1.78. The molecule has 0 aliphatic rings. The van der Waals surface area contributed by atoms with Gasteiger partial charge in [0.15, 0.2) is 0 Å². The predicted octanol–water partition coefficient (Wildman–Crippen LogP) is 1.66. The standard InChI is InChI=1S/C16H28N2O2/c1-12(17)9-18-10-14(19)11-20-15-7-5-13(6-8-15)16(2,3)4/h5-8,12,14,18-19H,9-11,17H2,1-4H3. The molecule has 0 saturated heterocycles. The van der Waals surface area contributed by atoms with Crippen LogP contribution in [0.25, 0.3) is 0 Å². The molecule has 0 aliphatic carbocycles. The van der Waals surface area contributed by atoms with Gasteiger partial charge in [0.1, 0.15) is 18.5 Å². The molecule has 0 fully saturated rings. The van der Waals surface area contributed by atoms with Gasteiger partial charge in [-0.2, -0.15) is 0 Å². The SMILES string of the molecule is CC(N)CNCC(O)COc1ccc(C(C)(C)C)cc1. The van der Waals surface area contributed by atoms with Crippen LogP contribution in [0, 0.1) is 0 Å². The van der Waals surface area contributed by atoms with Gasteiger partial charge in [-0.1, -0.05) is 32.9 Å². The summed E-state index contributed by atoms with van der Waals surface area (Å²) in [6.45, 7) is 9.91. The van der Waals surface area contributed by atoms with Gasteiger partial charge in [0, 0.05) is 19.1 Å². The first-order valence-corrected chi connectivity index (χ1v) is 7.16. The Kier molecular flexibility index (Phi) is 6.46. The molecule has 0 amide bonds. The molecule has 4 N–H and O–H groups in total. The van der Waals surface area contributed by atoms with E-state index in [-0.39, 0.29) is 18.1 Å². The minimum absolute atomic E-state index is 0.0908. The third kappa shape index (κ3) is 6.37. The second-order valence-corrected chi connectivity index (χ2v) is 6.37. The van der Waals surface area contributed by atoms with Gasteiger partial charge in [-0.25, -0.2) is 0 Å². The molecule has 1 rings (SSSR count). The first-order chi connectivity index (χ1) is 9.29. The van der Waals surface area contributed by atoms with Crippen LogP contribution in [-0.4, -0.2) is 36.9 Å². The Morgan fingerprint density at radius 1 is 1.20 bits per heavy atom. The van der Waals surface area contributed by atoms with E-state index >= 15 is 0 Å². The maximum Gasteiger partial charge on any atom is 0.119 e.